The van der Waals surface area contributed by atoms with Gasteiger partial charge in [-0.25, -0.2) is 0 Å². The van der Waals surface area contributed by atoms with Gasteiger partial charge in [-0.2, -0.15) is 0 Å². The summed E-state index contributed by atoms with van der Waals surface area (Å²) in [5.74, 6) is 0.0764. The molecule has 146 valence electrons. The Kier molecular flexibility index (Phi) is 6.63. The van der Waals surface area contributed by atoms with E-state index in [1.165, 1.54) is 6.08 Å². The number of imide groups is 1. The molecular formula is C18H14Br2N2O5S. The zero-order valence-electron chi connectivity index (χ0n) is 14.5. The second-order valence-corrected chi connectivity index (χ2v) is 8.11. The summed E-state index contributed by atoms with van der Waals surface area (Å²) in [6.07, 6.45) is 1.46. The monoisotopic (exact) mass is 528 g/mol. The summed E-state index contributed by atoms with van der Waals surface area (Å²) in [5, 5.41) is 2.14. The second-order valence-electron chi connectivity index (χ2n) is 5.54. The van der Waals surface area contributed by atoms with Crippen LogP contribution in [0.25, 0.3) is 6.08 Å². The fourth-order valence-electron chi connectivity index (χ4n) is 2.35. The van der Waals surface area contributed by atoms with Crippen LogP contribution in [0.15, 0.2) is 48.8 Å². The number of hydrogen-bond acceptors (Lipinski definition) is 6. The van der Waals surface area contributed by atoms with E-state index in [9.17, 15) is 14.4 Å². The summed E-state index contributed by atoms with van der Waals surface area (Å²) in [4.78, 5) is 37.9. The standard InChI is InChI=1S/C18H14Br2N2O5S/c1-2-26-11-5-3-10(4-6-11)21-15(23)9-22-17(24)14(28-18(22)25)8-12-7-13(19)16(20)27-12/h3-8H,2,9H2,1H3,(H,21,23)/b14-8-. The number of benzene rings is 1. The first kappa shape index (κ1) is 20.7. The van der Waals surface area contributed by atoms with Crippen molar-refractivity contribution >= 4 is 72.4 Å². The molecule has 0 atom stereocenters. The molecule has 0 unspecified atom stereocenters. The molecule has 2 aromatic rings. The van der Waals surface area contributed by atoms with E-state index in [1.54, 1.807) is 30.3 Å². The van der Waals surface area contributed by atoms with Gasteiger partial charge >= 0.3 is 0 Å². The van der Waals surface area contributed by atoms with E-state index in [4.69, 9.17) is 9.15 Å². The number of carbonyl (C=O) groups excluding carboxylic acids is 3. The molecule has 0 aliphatic carbocycles. The SMILES string of the molecule is CCOc1ccc(NC(=O)CN2C(=O)S/C(=C\c3cc(Br)c(Br)o3)C2=O)cc1. The van der Waals surface area contributed by atoms with Crippen LogP contribution in [0.2, 0.25) is 0 Å². The fraction of sp³-hybridized carbons (Fsp3) is 0.167. The minimum Gasteiger partial charge on any atom is -0.494 e. The maximum absolute atomic E-state index is 12.5. The van der Waals surface area contributed by atoms with Crippen molar-refractivity contribution in [1.29, 1.82) is 0 Å². The van der Waals surface area contributed by atoms with Gasteiger partial charge in [-0.15, -0.1) is 0 Å². The molecule has 10 heteroatoms. The predicted octanol–water partition coefficient (Wildman–Crippen LogP) is 4.88. The molecule has 1 aromatic carbocycles. The molecule has 1 aromatic heterocycles. The first-order chi connectivity index (χ1) is 13.4. The van der Waals surface area contributed by atoms with E-state index in [-0.39, 0.29) is 11.4 Å². The van der Waals surface area contributed by atoms with E-state index in [0.717, 1.165) is 16.7 Å². The van der Waals surface area contributed by atoms with Gasteiger partial charge in [0.2, 0.25) is 5.91 Å². The van der Waals surface area contributed by atoms with E-state index < -0.39 is 17.1 Å². The van der Waals surface area contributed by atoms with Crippen molar-refractivity contribution in [3.8, 4) is 5.75 Å². The second kappa shape index (κ2) is 8.97. The van der Waals surface area contributed by atoms with Crippen molar-refractivity contribution in [2.45, 2.75) is 6.92 Å². The van der Waals surface area contributed by atoms with Crippen LogP contribution in [0, 0.1) is 0 Å². The summed E-state index contributed by atoms with van der Waals surface area (Å²) in [7, 11) is 0. The molecule has 0 saturated carbocycles. The summed E-state index contributed by atoms with van der Waals surface area (Å²) >= 11 is 7.25. The first-order valence-electron chi connectivity index (χ1n) is 8.10. The molecule has 0 bridgehead atoms. The molecule has 3 rings (SSSR count). The van der Waals surface area contributed by atoms with Crippen LogP contribution in [-0.4, -0.2) is 35.1 Å². The van der Waals surface area contributed by atoms with E-state index >= 15 is 0 Å². The van der Waals surface area contributed by atoms with Gasteiger partial charge in [-0.1, -0.05) is 0 Å². The topological polar surface area (TPSA) is 88.8 Å². The van der Waals surface area contributed by atoms with Gasteiger partial charge < -0.3 is 14.5 Å². The Hall–Kier alpha value is -2.04. The highest BCUT2D eigenvalue weighted by Gasteiger charge is 2.36. The number of thioether (sulfide) groups is 1. The number of amides is 3. The number of nitrogens with zero attached hydrogens (tertiary/aromatic N) is 1. The number of nitrogens with one attached hydrogen (secondary N) is 1. The summed E-state index contributed by atoms with van der Waals surface area (Å²) < 4.78 is 11.9. The van der Waals surface area contributed by atoms with Crippen LogP contribution in [-0.2, 0) is 9.59 Å². The summed E-state index contributed by atoms with van der Waals surface area (Å²) in [5.41, 5.74) is 0.543. The summed E-state index contributed by atoms with van der Waals surface area (Å²) in [6, 6.07) is 8.48. The third-order valence-corrected chi connectivity index (χ3v) is 6.18. The molecule has 1 saturated heterocycles. The zero-order chi connectivity index (χ0) is 20.3. The van der Waals surface area contributed by atoms with Gasteiger partial charge in [0.05, 0.1) is 16.0 Å². The largest absolute Gasteiger partial charge is 0.494 e. The molecule has 1 N–H and O–H groups in total. The number of hydrogen-bond donors (Lipinski definition) is 1. The van der Waals surface area contributed by atoms with Crippen molar-refractivity contribution in [3.63, 3.8) is 0 Å². The molecule has 1 aliphatic rings. The highest BCUT2D eigenvalue weighted by atomic mass is 79.9. The maximum Gasteiger partial charge on any atom is 0.294 e. The Bertz CT molecular complexity index is 936. The molecule has 0 spiro atoms. The van der Waals surface area contributed by atoms with Crippen LogP contribution in [0.3, 0.4) is 0 Å². The van der Waals surface area contributed by atoms with Crippen molar-refractivity contribution in [3.05, 3.63) is 50.1 Å². The number of furan rings is 1. The van der Waals surface area contributed by atoms with Crippen LogP contribution >= 0.6 is 43.6 Å². The van der Waals surface area contributed by atoms with Crippen LogP contribution in [0.5, 0.6) is 5.75 Å². The lowest BCUT2D eigenvalue weighted by molar-refractivity contribution is -0.127. The lowest BCUT2D eigenvalue weighted by atomic mass is 10.3. The predicted molar refractivity (Wildman–Crippen MR) is 113 cm³/mol. The van der Waals surface area contributed by atoms with Crippen molar-refractivity contribution in [2.24, 2.45) is 0 Å². The van der Waals surface area contributed by atoms with Crippen molar-refractivity contribution < 1.29 is 23.5 Å². The molecule has 1 fully saturated rings. The van der Waals surface area contributed by atoms with Gasteiger partial charge in [-0.3, -0.25) is 19.3 Å². The molecule has 28 heavy (non-hydrogen) atoms. The number of halogens is 2. The number of ether oxygens (including phenoxy) is 1. The Morgan fingerprint density at radius 1 is 1.29 bits per heavy atom. The molecule has 2 heterocycles. The van der Waals surface area contributed by atoms with Crippen molar-refractivity contribution in [1.82, 2.24) is 4.90 Å². The normalized spacial score (nSPS) is 15.4. The highest BCUT2D eigenvalue weighted by Crippen LogP contribution is 2.34. The van der Waals surface area contributed by atoms with Crippen molar-refractivity contribution in [2.75, 3.05) is 18.5 Å². The van der Waals surface area contributed by atoms with Gasteiger partial charge in [0.25, 0.3) is 11.1 Å². The zero-order valence-corrected chi connectivity index (χ0v) is 18.5. The lowest BCUT2D eigenvalue weighted by Crippen LogP contribution is -2.36. The highest BCUT2D eigenvalue weighted by molar-refractivity contribution is 9.13. The number of anilines is 1. The third kappa shape index (κ3) is 4.86. The smallest absolute Gasteiger partial charge is 0.294 e. The minimum absolute atomic E-state index is 0.188. The van der Waals surface area contributed by atoms with Crippen LogP contribution in [0.4, 0.5) is 10.5 Å². The Morgan fingerprint density at radius 2 is 2.00 bits per heavy atom. The van der Waals surface area contributed by atoms with Gasteiger partial charge in [0.15, 0.2) is 4.67 Å². The minimum atomic E-state index is -0.541. The number of rotatable bonds is 6. The lowest BCUT2D eigenvalue weighted by Gasteiger charge is -2.12. The van der Waals surface area contributed by atoms with Crippen LogP contribution in [0.1, 0.15) is 12.7 Å². The van der Waals surface area contributed by atoms with Gasteiger partial charge in [0, 0.05) is 11.8 Å². The Labute approximate surface area is 181 Å². The maximum atomic E-state index is 12.5. The molecule has 1 aliphatic heterocycles. The fourth-order valence-corrected chi connectivity index (χ4v) is 3.77. The molecule has 3 amide bonds. The Morgan fingerprint density at radius 3 is 2.61 bits per heavy atom. The number of carbonyl (C=O) groups is 3. The molecule has 0 radical (unpaired) electrons. The first-order valence-corrected chi connectivity index (χ1v) is 10.5. The van der Waals surface area contributed by atoms with Gasteiger partial charge in [0.1, 0.15) is 18.1 Å². The summed E-state index contributed by atoms with van der Waals surface area (Å²) in [6.45, 7) is 2.05. The van der Waals surface area contributed by atoms with E-state index in [0.29, 0.717) is 32.9 Å². The quantitative estimate of drug-likeness (QED) is 0.536. The van der Waals surface area contributed by atoms with Gasteiger partial charge in [-0.05, 0) is 80.9 Å². The molecule has 7 nitrogen and oxygen atoms in total. The van der Waals surface area contributed by atoms with Crippen LogP contribution < -0.4 is 10.1 Å². The average molecular weight is 530 g/mol. The Balaban J connectivity index is 1.64. The molecular weight excluding hydrogens is 516 g/mol. The third-order valence-electron chi connectivity index (χ3n) is 3.56. The average Bonchev–Trinajstić information content (AvgIpc) is 3.10. The van der Waals surface area contributed by atoms with E-state index in [1.807, 2.05) is 6.92 Å². The van der Waals surface area contributed by atoms with E-state index in [2.05, 4.69) is 37.2 Å².